The fourth-order valence-electron chi connectivity index (χ4n) is 3.98. The number of hydrogen-bond donors (Lipinski definition) is 1. The lowest BCUT2D eigenvalue weighted by atomic mass is 9.86. The van der Waals surface area contributed by atoms with E-state index >= 15 is 0 Å². The number of benzene rings is 2. The van der Waals surface area contributed by atoms with E-state index in [2.05, 4.69) is 55.2 Å². The van der Waals surface area contributed by atoms with Crippen LogP contribution >= 0.6 is 0 Å². The third-order valence-electron chi connectivity index (χ3n) is 5.57. The van der Waals surface area contributed by atoms with Crippen molar-refractivity contribution in [2.75, 3.05) is 6.54 Å². The number of likely N-dealkylation sites (tertiary alicyclic amines) is 1. The Bertz CT molecular complexity index is 1080. The Morgan fingerprint density at radius 2 is 1.75 bits per heavy atom. The molecule has 28 heavy (non-hydrogen) atoms. The van der Waals surface area contributed by atoms with Gasteiger partial charge >= 0.3 is 0 Å². The van der Waals surface area contributed by atoms with Crippen LogP contribution in [0.4, 0.5) is 0 Å². The molecule has 1 aliphatic rings. The van der Waals surface area contributed by atoms with Gasteiger partial charge in [-0.15, -0.1) is 0 Å². The second-order valence-electron chi connectivity index (χ2n) is 8.48. The fraction of sp³-hybridized carbons (Fsp3) is 0.348. The van der Waals surface area contributed by atoms with E-state index in [0.29, 0.717) is 23.0 Å². The van der Waals surface area contributed by atoms with Crippen LogP contribution in [0.15, 0.2) is 53.3 Å². The van der Waals surface area contributed by atoms with Crippen LogP contribution in [0.3, 0.4) is 0 Å². The maximum absolute atomic E-state index is 13.3. The lowest BCUT2D eigenvalue weighted by Gasteiger charge is -2.26. The van der Waals surface area contributed by atoms with E-state index in [1.807, 2.05) is 11.0 Å². The summed E-state index contributed by atoms with van der Waals surface area (Å²) in [6, 6.07) is 15.7. The Hall–Kier alpha value is -2.95. The summed E-state index contributed by atoms with van der Waals surface area (Å²) in [7, 11) is 0. The molecule has 3 aromatic rings. The zero-order chi connectivity index (χ0) is 19.9. The largest absolute Gasteiger partial charge is 0.330 e. The molecule has 1 saturated heterocycles. The highest BCUT2D eigenvalue weighted by Gasteiger charge is 2.32. The third kappa shape index (κ3) is 3.21. The molecule has 1 amide bonds. The molecule has 1 unspecified atom stereocenters. The lowest BCUT2D eigenvalue weighted by molar-refractivity contribution is 0.0730. The van der Waals surface area contributed by atoms with Gasteiger partial charge in [-0.05, 0) is 35.4 Å². The molecule has 0 radical (unpaired) electrons. The van der Waals surface area contributed by atoms with Crippen LogP contribution in [0.1, 0.15) is 61.3 Å². The third-order valence-corrected chi connectivity index (χ3v) is 5.57. The van der Waals surface area contributed by atoms with E-state index in [1.165, 1.54) is 5.56 Å². The SMILES string of the molecule is CC(C)(C)c1ccc(C2CCCN2C(=O)c2n[nH]c(=O)c3ccccc23)cc1. The first kappa shape index (κ1) is 18.4. The Balaban J connectivity index is 1.68. The number of carbonyl (C=O) groups excluding carboxylic acids is 1. The van der Waals surface area contributed by atoms with Crippen LogP contribution in [0.2, 0.25) is 0 Å². The van der Waals surface area contributed by atoms with Gasteiger partial charge in [-0.1, -0.05) is 63.2 Å². The van der Waals surface area contributed by atoms with Gasteiger partial charge in [0.05, 0.1) is 11.4 Å². The van der Waals surface area contributed by atoms with Gasteiger partial charge in [0.25, 0.3) is 11.5 Å². The minimum absolute atomic E-state index is 0.0361. The zero-order valence-corrected chi connectivity index (χ0v) is 16.5. The maximum atomic E-state index is 13.3. The number of carbonyl (C=O) groups is 1. The van der Waals surface area contributed by atoms with Gasteiger partial charge in [0, 0.05) is 11.9 Å². The predicted octanol–water partition coefficient (Wildman–Crippen LogP) is 4.20. The Kier molecular flexibility index (Phi) is 4.53. The molecule has 144 valence electrons. The number of hydrogen-bond acceptors (Lipinski definition) is 3. The molecule has 4 rings (SSSR count). The number of amides is 1. The number of aromatic nitrogens is 2. The molecule has 1 N–H and O–H groups in total. The average molecular weight is 375 g/mol. The summed E-state index contributed by atoms with van der Waals surface area (Å²) in [6.45, 7) is 7.28. The summed E-state index contributed by atoms with van der Waals surface area (Å²) in [6.07, 6.45) is 1.89. The number of fused-ring (bicyclic) bond motifs is 1. The molecular formula is C23H25N3O2. The Morgan fingerprint density at radius 3 is 2.43 bits per heavy atom. The predicted molar refractivity (Wildman–Crippen MR) is 111 cm³/mol. The lowest BCUT2D eigenvalue weighted by Crippen LogP contribution is -2.32. The van der Waals surface area contributed by atoms with Crippen LogP contribution in [-0.4, -0.2) is 27.5 Å². The fourth-order valence-corrected chi connectivity index (χ4v) is 3.98. The summed E-state index contributed by atoms with van der Waals surface area (Å²) in [5, 5.41) is 7.66. The molecule has 0 aliphatic carbocycles. The standard InChI is InChI=1S/C23H25N3O2/c1-23(2,3)16-12-10-15(11-13-16)19-9-6-14-26(19)22(28)20-17-7-4-5-8-18(17)21(27)25-24-20/h4-5,7-8,10-13,19H,6,9,14H2,1-3H3,(H,25,27). The van der Waals surface area contributed by atoms with Crippen molar-refractivity contribution in [1.82, 2.24) is 15.1 Å². The minimum Gasteiger partial charge on any atom is -0.330 e. The summed E-state index contributed by atoms with van der Waals surface area (Å²) in [5.74, 6) is -0.130. The molecular weight excluding hydrogens is 350 g/mol. The minimum atomic E-state index is -0.275. The molecule has 1 fully saturated rings. The number of aromatic amines is 1. The summed E-state index contributed by atoms with van der Waals surface area (Å²) in [5.41, 5.74) is 2.56. The topological polar surface area (TPSA) is 66.1 Å². The number of H-pyrrole nitrogens is 1. The van der Waals surface area contributed by atoms with Crippen molar-refractivity contribution in [2.24, 2.45) is 0 Å². The van der Waals surface area contributed by atoms with Gasteiger partial charge in [-0.2, -0.15) is 5.10 Å². The molecule has 0 saturated carbocycles. The van der Waals surface area contributed by atoms with E-state index in [4.69, 9.17) is 0 Å². The first-order valence-electron chi connectivity index (χ1n) is 9.75. The molecule has 0 spiro atoms. The van der Waals surface area contributed by atoms with Crippen LogP contribution < -0.4 is 5.56 Å². The van der Waals surface area contributed by atoms with Crippen LogP contribution in [0.25, 0.3) is 10.8 Å². The highest BCUT2D eigenvalue weighted by atomic mass is 16.2. The monoisotopic (exact) mass is 375 g/mol. The zero-order valence-electron chi connectivity index (χ0n) is 16.5. The van der Waals surface area contributed by atoms with Gasteiger partial charge in [0.2, 0.25) is 0 Å². The number of rotatable bonds is 2. The van der Waals surface area contributed by atoms with E-state index in [9.17, 15) is 9.59 Å². The van der Waals surface area contributed by atoms with Crippen LogP contribution in [0, 0.1) is 0 Å². The molecule has 2 heterocycles. The van der Waals surface area contributed by atoms with Crippen molar-refractivity contribution in [3.8, 4) is 0 Å². The van der Waals surface area contributed by atoms with Crippen molar-refractivity contribution >= 4 is 16.7 Å². The van der Waals surface area contributed by atoms with Crippen molar-refractivity contribution in [1.29, 1.82) is 0 Å². The van der Waals surface area contributed by atoms with Crippen LogP contribution in [-0.2, 0) is 5.41 Å². The van der Waals surface area contributed by atoms with Crippen molar-refractivity contribution < 1.29 is 4.79 Å². The Morgan fingerprint density at radius 1 is 1.07 bits per heavy atom. The molecule has 5 nitrogen and oxygen atoms in total. The van der Waals surface area contributed by atoms with Gasteiger partial charge in [0.1, 0.15) is 0 Å². The quantitative estimate of drug-likeness (QED) is 0.730. The van der Waals surface area contributed by atoms with E-state index in [0.717, 1.165) is 18.4 Å². The smallest absolute Gasteiger partial charge is 0.275 e. The van der Waals surface area contributed by atoms with E-state index in [1.54, 1.807) is 18.2 Å². The van der Waals surface area contributed by atoms with Gasteiger partial charge < -0.3 is 4.90 Å². The maximum Gasteiger partial charge on any atom is 0.275 e. The number of nitrogens with one attached hydrogen (secondary N) is 1. The van der Waals surface area contributed by atoms with Gasteiger partial charge in [0.15, 0.2) is 5.69 Å². The molecule has 0 bridgehead atoms. The molecule has 1 aliphatic heterocycles. The normalized spacial score (nSPS) is 17.2. The first-order chi connectivity index (χ1) is 13.4. The summed E-state index contributed by atoms with van der Waals surface area (Å²) < 4.78 is 0. The van der Waals surface area contributed by atoms with Gasteiger partial charge in [-0.25, -0.2) is 5.10 Å². The van der Waals surface area contributed by atoms with Crippen molar-refractivity contribution in [3.63, 3.8) is 0 Å². The Labute approximate surface area is 164 Å². The highest BCUT2D eigenvalue weighted by molar-refractivity contribution is 6.04. The molecule has 2 aromatic carbocycles. The number of nitrogens with zero attached hydrogens (tertiary/aromatic N) is 2. The first-order valence-corrected chi connectivity index (χ1v) is 9.75. The van der Waals surface area contributed by atoms with Gasteiger partial charge in [-0.3, -0.25) is 9.59 Å². The summed E-state index contributed by atoms with van der Waals surface area (Å²) >= 11 is 0. The van der Waals surface area contributed by atoms with Crippen molar-refractivity contribution in [2.45, 2.75) is 45.1 Å². The highest BCUT2D eigenvalue weighted by Crippen LogP contribution is 2.34. The molecule has 1 atom stereocenters. The van der Waals surface area contributed by atoms with Crippen LogP contribution in [0.5, 0.6) is 0 Å². The molecule has 5 heteroatoms. The molecule has 1 aromatic heterocycles. The van der Waals surface area contributed by atoms with Crippen molar-refractivity contribution in [3.05, 3.63) is 75.7 Å². The summed E-state index contributed by atoms with van der Waals surface area (Å²) in [4.78, 5) is 27.2. The van der Waals surface area contributed by atoms with E-state index in [-0.39, 0.29) is 22.9 Å². The second kappa shape index (κ2) is 6.89. The van der Waals surface area contributed by atoms with E-state index < -0.39 is 0 Å². The second-order valence-corrected chi connectivity index (χ2v) is 8.48. The average Bonchev–Trinajstić information content (AvgIpc) is 3.17.